The Kier molecular flexibility index (Phi) is 4.99. The number of fused-ring (bicyclic) bond motifs is 1. The number of carbonyl (C=O) groups is 1. The number of methoxy groups -OCH3 is 1. The van der Waals surface area contributed by atoms with Gasteiger partial charge in [-0.3, -0.25) is 0 Å². The minimum Gasteiger partial charge on any atom is -0.496 e. The van der Waals surface area contributed by atoms with E-state index in [0.717, 1.165) is 37.0 Å². The van der Waals surface area contributed by atoms with Crippen LogP contribution >= 0.6 is 0 Å². The van der Waals surface area contributed by atoms with Crippen LogP contribution in [0.25, 0.3) is 0 Å². The number of aliphatic hydroxyl groups is 1. The van der Waals surface area contributed by atoms with Crippen molar-refractivity contribution >= 4 is 6.09 Å². The highest BCUT2D eigenvalue weighted by Crippen LogP contribution is 2.50. The predicted molar refractivity (Wildman–Crippen MR) is 91.0 cm³/mol. The number of nitrogens with zero attached hydrogens (tertiary/aromatic N) is 1. The molecule has 1 saturated heterocycles. The lowest BCUT2D eigenvalue weighted by atomic mass is 9.66. The van der Waals surface area contributed by atoms with Crippen molar-refractivity contribution in [2.24, 2.45) is 5.92 Å². The molecule has 2 fully saturated rings. The first-order valence-corrected chi connectivity index (χ1v) is 8.89. The van der Waals surface area contributed by atoms with Gasteiger partial charge in [0.2, 0.25) is 0 Å². The van der Waals surface area contributed by atoms with Crippen LogP contribution in [0.1, 0.15) is 50.6 Å². The van der Waals surface area contributed by atoms with E-state index in [-0.39, 0.29) is 18.1 Å². The molecule has 5 heteroatoms. The Bertz CT molecular complexity index is 590. The molecule has 1 saturated carbocycles. The molecule has 0 unspecified atom stereocenters. The molecule has 0 radical (unpaired) electrons. The zero-order valence-electron chi connectivity index (χ0n) is 14.5. The number of carbonyl (C=O) groups excluding carboxylic acids is 1. The van der Waals surface area contributed by atoms with Crippen molar-refractivity contribution in [3.63, 3.8) is 0 Å². The van der Waals surface area contributed by atoms with E-state index in [0.29, 0.717) is 19.6 Å². The Morgan fingerprint density at radius 2 is 2.12 bits per heavy atom. The lowest BCUT2D eigenvalue weighted by molar-refractivity contribution is -0.118. The smallest absolute Gasteiger partial charge is 0.410 e. The molecule has 0 spiro atoms. The Balaban J connectivity index is 2.03. The fourth-order valence-electron chi connectivity index (χ4n) is 4.39. The van der Waals surface area contributed by atoms with Gasteiger partial charge in [0.1, 0.15) is 5.75 Å². The predicted octanol–water partition coefficient (Wildman–Crippen LogP) is 3.52. The molecule has 24 heavy (non-hydrogen) atoms. The number of para-hydroxylation sites is 1. The summed E-state index contributed by atoms with van der Waals surface area (Å²) in [4.78, 5) is 14.3. The molecule has 2 aliphatic rings. The summed E-state index contributed by atoms with van der Waals surface area (Å²) in [6, 6.07) is 7.58. The first kappa shape index (κ1) is 17.1. The highest BCUT2D eigenvalue weighted by molar-refractivity contribution is 5.69. The van der Waals surface area contributed by atoms with Crippen LogP contribution in [0.3, 0.4) is 0 Å². The Morgan fingerprint density at radius 3 is 2.88 bits per heavy atom. The zero-order chi connectivity index (χ0) is 17.2. The number of ether oxygens (including phenoxy) is 2. The molecule has 1 aromatic rings. The fraction of sp³-hybridized carbons (Fsp3) is 0.632. The summed E-state index contributed by atoms with van der Waals surface area (Å²) in [5.74, 6) is 0.771. The number of rotatable bonds is 3. The van der Waals surface area contributed by atoms with Gasteiger partial charge in [-0.1, -0.05) is 31.0 Å². The van der Waals surface area contributed by atoms with E-state index in [1.807, 2.05) is 31.2 Å². The number of likely N-dealkylation sites (tertiary alicyclic amines) is 1. The number of benzene rings is 1. The number of amides is 1. The second kappa shape index (κ2) is 7.01. The lowest BCUT2D eigenvalue weighted by Crippen LogP contribution is -2.56. The van der Waals surface area contributed by atoms with E-state index >= 15 is 0 Å². The SMILES string of the molecule is CCOC(=O)N1CC[C@@]2(O)CCCC[C@H]2[C@@H]1c1ccccc1OC. The highest BCUT2D eigenvalue weighted by Gasteiger charge is 2.51. The second-order valence-electron chi connectivity index (χ2n) is 6.78. The van der Waals surface area contributed by atoms with E-state index < -0.39 is 5.60 Å². The summed E-state index contributed by atoms with van der Waals surface area (Å²) < 4.78 is 10.8. The maximum absolute atomic E-state index is 12.5. The molecule has 1 N–H and O–H groups in total. The molecule has 0 aromatic heterocycles. The molecule has 3 rings (SSSR count). The minimum atomic E-state index is -0.702. The van der Waals surface area contributed by atoms with Gasteiger partial charge < -0.3 is 19.5 Å². The van der Waals surface area contributed by atoms with Crippen molar-refractivity contribution in [1.29, 1.82) is 0 Å². The summed E-state index contributed by atoms with van der Waals surface area (Å²) in [5.41, 5.74) is 0.255. The molecule has 1 heterocycles. The van der Waals surface area contributed by atoms with Crippen molar-refractivity contribution in [1.82, 2.24) is 4.90 Å². The molecular weight excluding hydrogens is 306 g/mol. The minimum absolute atomic E-state index is 0.0145. The average Bonchev–Trinajstić information content (AvgIpc) is 2.60. The normalized spacial score (nSPS) is 29.7. The van der Waals surface area contributed by atoms with Crippen molar-refractivity contribution in [3.05, 3.63) is 29.8 Å². The van der Waals surface area contributed by atoms with Gasteiger partial charge >= 0.3 is 6.09 Å². The summed E-state index contributed by atoms with van der Waals surface area (Å²) >= 11 is 0. The molecule has 1 aliphatic heterocycles. The largest absolute Gasteiger partial charge is 0.496 e. The third-order valence-corrected chi connectivity index (χ3v) is 5.53. The molecule has 0 bridgehead atoms. The van der Waals surface area contributed by atoms with Gasteiger partial charge in [0, 0.05) is 18.0 Å². The highest BCUT2D eigenvalue weighted by atomic mass is 16.6. The topological polar surface area (TPSA) is 59.0 Å². The lowest BCUT2D eigenvalue weighted by Gasteiger charge is -2.52. The van der Waals surface area contributed by atoms with Crippen molar-refractivity contribution in [3.8, 4) is 5.75 Å². The molecule has 5 nitrogen and oxygen atoms in total. The van der Waals surface area contributed by atoms with E-state index in [9.17, 15) is 9.90 Å². The molecular formula is C19H27NO4. The quantitative estimate of drug-likeness (QED) is 0.919. The molecule has 1 aromatic carbocycles. The standard InChI is InChI=1S/C19H27NO4/c1-3-24-18(21)20-13-12-19(22)11-7-6-9-15(19)17(20)14-8-4-5-10-16(14)23-2/h4-5,8,10,15,17,22H,3,6-7,9,11-13H2,1-2H3/t15-,17-,19-/m0/s1. The van der Waals surface area contributed by atoms with Crippen LogP contribution < -0.4 is 4.74 Å². The summed E-state index contributed by atoms with van der Waals surface area (Å²) in [7, 11) is 1.64. The second-order valence-corrected chi connectivity index (χ2v) is 6.78. The third kappa shape index (κ3) is 2.97. The van der Waals surface area contributed by atoms with E-state index in [1.165, 1.54) is 0 Å². The summed E-state index contributed by atoms with van der Waals surface area (Å²) in [6.45, 7) is 2.67. The van der Waals surface area contributed by atoms with Crippen LogP contribution in [0, 0.1) is 5.92 Å². The Labute approximate surface area is 143 Å². The fourth-order valence-corrected chi connectivity index (χ4v) is 4.39. The van der Waals surface area contributed by atoms with Crippen LogP contribution in [0.15, 0.2) is 24.3 Å². The summed E-state index contributed by atoms with van der Waals surface area (Å²) in [6.07, 6.45) is 4.15. The van der Waals surface area contributed by atoms with Gasteiger partial charge in [-0.2, -0.15) is 0 Å². The van der Waals surface area contributed by atoms with Crippen LogP contribution in [0.2, 0.25) is 0 Å². The van der Waals surface area contributed by atoms with Crippen LogP contribution in [-0.4, -0.2) is 42.0 Å². The number of piperidine rings is 1. The summed E-state index contributed by atoms with van der Waals surface area (Å²) in [5, 5.41) is 11.2. The van der Waals surface area contributed by atoms with E-state index in [2.05, 4.69) is 0 Å². The first-order chi connectivity index (χ1) is 11.6. The van der Waals surface area contributed by atoms with Crippen LogP contribution in [0.4, 0.5) is 4.79 Å². The van der Waals surface area contributed by atoms with Gasteiger partial charge in [0.15, 0.2) is 0 Å². The van der Waals surface area contributed by atoms with Gasteiger partial charge in [0.05, 0.1) is 25.4 Å². The molecule has 1 amide bonds. The van der Waals surface area contributed by atoms with Gasteiger partial charge in [-0.25, -0.2) is 4.79 Å². The van der Waals surface area contributed by atoms with E-state index in [4.69, 9.17) is 9.47 Å². The molecule has 1 aliphatic carbocycles. The van der Waals surface area contributed by atoms with Crippen molar-refractivity contribution in [2.45, 2.75) is 50.7 Å². The van der Waals surface area contributed by atoms with Crippen molar-refractivity contribution < 1.29 is 19.4 Å². The van der Waals surface area contributed by atoms with Gasteiger partial charge in [-0.15, -0.1) is 0 Å². The van der Waals surface area contributed by atoms with Crippen molar-refractivity contribution in [2.75, 3.05) is 20.3 Å². The molecule has 3 atom stereocenters. The van der Waals surface area contributed by atoms with Crippen LogP contribution in [-0.2, 0) is 4.74 Å². The van der Waals surface area contributed by atoms with Gasteiger partial charge in [-0.05, 0) is 32.3 Å². The number of hydrogen-bond donors (Lipinski definition) is 1. The van der Waals surface area contributed by atoms with Crippen LogP contribution in [0.5, 0.6) is 5.75 Å². The Hall–Kier alpha value is -1.75. The zero-order valence-corrected chi connectivity index (χ0v) is 14.5. The third-order valence-electron chi connectivity index (χ3n) is 5.53. The average molecular weight is 333 g/mol. The van der Waals surface area contributed by atoms with E-state index in [1.54, 1.807) is 12.0 Å². The monoisotopic (exact) mass is 333 g/mol. The number of hydrogen-bond acceptors (Lipinski definition) is 4. The Morgan fingerprint density at radius 1 is 1.33 bits per heavy atom. The maximum atomic E-state index is 12.5. The first-order valence-electron chi connectivity index (χ1n) is 8.89. The van der Waals surface area contributed by atoms with Gasteiger partial charge in [0.25, 0.3) is 0 Å². The maximum Gasteiger partial charge on any atom is 0.410 e. The molecule has 132 valence electrons.